The van der Waals surface area contributed by atoms with Gasteiger partial charge in [0.15, 0.2) is 5.60 Å². The molecule has 2 saturated heterocycles. The molecule has 2 atom stereocenters. The number of hydrogen-bond acceptors (Lipinski definition) is 5. The van der Waals surface area contributed by atoms with Crippen LogP contribution in [0.25, 0.3) is 0 Å². The Bertz CT molecular complexity index is 434. The highest BCUT2D eigenvalue weighted by atomic mass is 16.5. The van der Waals surface area contributed by atoms with Crippen molar-refractivity contribution < 1.29 is 24.2 Å². The number of ether oxygens (including phenoxy) is 1. The van der Waals surface area contributed by atoms with Crippen molar-refractivity contribution in [3.63, 3.8) is 0 Å². The van der Waals surface area contributed by atoms with Gasteiger partial charge >= 0.3 is 5.97 Å². The summed E-state index contributed by atoms with van der Waals surface area (Å²) in [5.74, 6) is -1.15. The number of β-amino-alcohol motifs (C(OH)–C–C–N with tert-alkyl or cyclic N) is 1. The number of fused-ring (bicyclic) bond motifs is 1. The molecule has 20 heavy (non-hydrogen) atoms. The molecule has 0 aromatic rings. The van der Waals surface area contributed by atoms with E-state index in [4.69, 9.17) is 0 Å². The van der Waals surface area contributed by atoms with Gasteiger partial charge in [0, 0.05) is 6.54 Å². The van der Waals surface area contributed by atoms with Crippen LogP contribution in [0.1, 0.15) is 26.2 Å². The van der Waals surface area contributed by atoms with Gasteiger partial charge in [0.1, 0.15) is 6.04 Å². The summed E-state index contributed by atoms with van der Waals surface area (Å²) in [4.78, 5) is 38.7. The predicted octanol–water partition coefficient (Wildman–Crippen LogP) is -0.866. The van der Waals surface area contributed by atoms with Crippen molar-refractivity contribution in [3.05, 3.63) is 0 Å². The second-order valence-electron chi connectivity index (χ2n) is 5.56. The highest BCUT2D eigenvalue weighted by Crippen LogP contribution is 2.24. The summed E-state index contributed by atoms with van der Waals surface area (Å²) in [6, 6.07) is -0.446. The Balaban J connectivity index is 2.11. The van der Waals surface area contributed by atoms with Gasteiger partial charge < -0.3 is 19.6 Å². The summed E-state index contributed by atoms with van der Waals surface area (Å²) in [7, 11) is 1.17. The lowest BCUT2D eigenvalue weighted by molar-refractivity contribution is -0.169. The van der Waals surface area contributed by atoms with Gasteiger partial charge in [-0.3, -0.25) is 9.59 Å². The summed E-state index contributed by atoms with van der Waals surface area (Å²) < 4.78 is 4.50. The Kier molecular flexibility index (Phi) is 3.99. The predicted molar refractivity (Wildman–Crippen MR) is 68.6 cm³/mol. The Labute approximate surface area is 117 Å². The third kappa shape index (κ3) is 2.63. The molecule has 2 amide bonds. The van der Waals surface area contributed by atoms with Crippen molar-refractivity contribution >= 4 is 17.8 Å². The first-order valence-electron chi connectivity index (χ1n) is 6.76. The van der Waals surface area contributed by atoms with Crippen LogP contribution in [-0.2, 0) is 19.1 Å². The minimum absolute atomic E-state index is 0.0948. The van der Waals surface area contributed by atoms with Crippen molar-refractivity contribution in [2.24, 2.45) is 0 Å². The fourth-order valence-corrected chi connectivity index (χ4v) is 2.82. The van der Waals surface area contributed by atoms with Gasteiger partial charge in [0.05, 0.1) is 20.2 Å². The first kappa shape index (κ1) is 14.8. The molecule has 0 bridgehead atoms. The fraction of sp³-hybridized carbons (Fsp3) is 0.769. The molecule has 2 aliphatic rings. The molecule has 1 N–H and O–H groups in total. The monoisotopic (exact) mass is 284 g/mol. The molecule has 0 spiro atoms. The molecule has 0 aliphatic carbocycles. The van der Waals surface area contributed by atoms with Crippen molar-refractivity contribution in [1.29, 1.82) is 0 Å². The van der Waals surface area contributed by atoms with E-state index in [2.05, 4.69) is 4.74 Å². The van der Waals surface area contributed by atoms with Gasteiger partial charge in [-0.1, -0.05) is 0 Å². The number of aliphatic hydroxyl groups is 1. The lowest BCUT2D eigenvalue weighted by Gasteiger charge is -2.43. The van der Waals surface area contributed by atoms with Crippen LogP contribution in [0.4, 0.5) is 0 Å². The van der Waals surface area contributed by atoms with Crippen LogP contribution in [0.3, 0.4) is 0 Å². The van der Waals surface area contributed by atoms with Crippen LogP contribution in [0, 0.1) is 0 Å². The number of piperidine rings is 1. The zero-order chi connectivity index (χ0) is 14.9. The highest BCUT2D eigenvalue weighted by molar-refractivity contribution is 5.95. The Morgan fingerprint density at radius 1 is 1.45 bits per heavy atom. The average Bonchev–Trinajstić information content (AvgIpc) is 2.43. The molecule has 2 heterocycles. The SMILES string of the molecule is COC(=O)C(C)(O)CN1CC(=O)N2CCCCC2C1=O. The molecule has 2 fully saturated rings. The quantitative estimate of drug-likeness (QED) is 0.681. The van der Waals surface area contributed by atoms with Gasteiger partial charge in [-0.15, -0.1) is 0 Å². The van der Waals surface area contributed by atoms with E-state index in [1.807, 2.05) is 0 Å². The van der Waals surface area contributed by atoms with Gasteiger partial charge in [-0.2, -0.15) is 0 Å². The van der Waals surface area contributed by atoms with Crippen molar-refractivity contribution in [2.45, 2.75) is 37.8 Å². The molecule has 2 unspecified atom stereocenters. The van der Waals surface area contributed by atoms with Crippen LogP contribution in [0.5, 0.6) is 0 Å². The van der Waals surface area contributed by atoms with Crippen LogP contribution < -0.4 is 0 Å². The maximum atomic E-state index is 12.4. The molecular formula is C13H20N2O5. The number of rotatable bonds is 3. The number of amides is 2. The summed E-state index contributed by atoms with van der Waals surface area (Å²) >= 11 is 0. The van der Waals surface area contributed by atoms with Gasteiger partial charge in [-0.25, -0.2) is 4.79 Å². The lowest BCUT2D eigenvalue weighted by atomic mass is 9.97. The molecule has 2 aliphatic heterocycles. The van der Waals surface area contributed by atoms with Crippen LogP contribution in [0.15, 0.2) is 0 Å². The Morgan fingerprint density at radius 3 is 2.80 bits per heavy atom. The summed E-state index contributed by atoms with van der Waals surface area (Å²) in [6.45, 7) is 1.57. The van der Waals surface area contributed by atoms with E-state index in [0.717, 1.165) is 12.8 Å². The van der Waals surface area contributed by atoms with Gasteiger partial charge in [0.2, 0.25) is 11.8 Å². The molecule has 7 nitrogen and oxygen atoms in total. The summed E-state index contributed by atoms with van der Waals surface area (Å²) in [6.07, 6.45) is 2.46. The van der Waals surface area contributed by atoms with E-state index in [0.29, 0.717) is 13.0 Å². The number of methoxy groups -OCH3 is 1. The third-order valence-corrected chi connectivity index (χ3v) is 3.87. The standard InChI is InChI=1S/C13H20N2O5/c1-13(19,12(18)20-2)8-14-7-10(16)15-6-4-3-5-9(15)11(14)17/h9,19H,3-8H2,1-2H3. The second-order valence-corrected chi connectivity index (χ2v) is 5.56. The highest BCUT2D eigenvalue weighted by Gasteiger charge is 2.44. The van der Waals surface area contributed by atoms with Gasteiger partial charge in [0.25, 0.3) is 0 Å². The first-order chi connectivity index (χ1) is 9.36. The normalized spacial score (nSPS) is 26.1. The third-order valence-electron chi connectivity index (χ3n) is 3.87. The molecule has 0 aromatic carbocycles. The zero-order valence-electron chi connectivity index (χ0n) is 11.8. The van der Waals surface area contributed by atoms with Crippen molar-refractivity contribution in [1.82, 2.24) is 9.80 Å². The average molecular weight is 284 g/mol. The molecule has 112 valence electrons. The number of carbonyl (C=O) groups excluding carboxylic acids is 3. The molecule has 0 aromatic heterocycles. The van der Waals surface area contributed by atoms with E-state index < -0.39 is 17.6 Å². The zero-order valence-corrected chi connectivity index (χ0v) is 11.8. The van der Waals surface area contributed by atoms with Crippen LogP contribution in [0.2, 0.25) is 0 Å². The molecule has 0 radical (unpaired) electrons. The van der Waals surface area contributed by atoms with Crippen LogP contribution in [-0.4, -0.2) is 71.1 Å². The largest absolute Gasteiger partial charge is 0.467 e. The lowest BCUT2D eigenvalue weighted by Crippen LogP contribution is -2.63. The smallest absolute Gasteiger partial charge is 0.339 e. The molecule has 2 rings (SSSR count). The maximum absolute atomic E-state index is 12.4. The fourth-order valence-electron chi connectivity index (χ4n) is 2.82. The second kappa shape index (κ2) is 5.40. The van der Waals surface area contributed by atoms with E-state index in [-0.39, 0.29) is 24.9 Å². The number of esters is 1. The number of piperazine rings is 1. The van der Waals surface area contributed by atoms with Crippen molar-refractivity contribution in [3.8, 4) is 0 Å². The number of carbonyl (C=O) groups is 3. The minimum atomic E-state index is -1.80. The molecule has 0 saturated carbocycles. The van der Waals surface area contributed by atoms with Gasteiger partial charge in [-0.05, 0) is 26.2 Å². The van der Waals surface area contributed by atoms with Crippen molar-refractivity contribution in [2.75, 3.05) is 26.7 Å². The Hall–Kier alpha value is -1.63. The van der Waals surface area contributed by atoms with Crippen LogP contribution >= 0.6 is 0 Å². The summed E-state index contributed by atoms with van der Waals surface area (Å²) in [5, 5.41) is 10.0. The van der Waals surface area contributed by atoms with E-state index in [1.165, 1.54) is 18.9 Å². The van der Waals surface area contributed by atoms with E-state index >= 15 is 0 Å². The molecule has 7 heteroatoms. The van der Waals surface area contributed by atoms with E-state index in [9.17, 15) is 19.5 Å². The maximum Gasteiger partial charge on any atom is 0.339 e. The minimum Gasteiger partial charge on any atom is -0.467 e. The topological polar surface area (TPSA) is 87.2 Å². The summed E-state index contributed by atoms with van der Waals surface area (Å²) in [5.41, 5.74) is -1.80. The molecular weight excluding hydrogens is 264 g/mol. The Morgan fingerprint density at radius 2 is 2.15 bits per heavy atom. The number of hydrogen-bond donors (Lipinski definition) is 1. The van der Waals surface area contributed by atoms with E-state index in [1.54, 1.807) is 4.90 Å². The number of nitrogens with zero attached hydrogens (tertiary/aromatic N) is 2. The first-order valence-corrected chi connectivity index (χ1v) is 6.76.